The van der Waals surface area contributed by atoms with Crippen molar-refractivity contribution in [1.29, 1.82) is 0 Å². The van der Waals surface area contributed by atoms with E-state index in [-0.39, 0.29) is 12.1 Å². The van der Waals surface area contributed by atoms with Crippen molar-refractivity contribution in [1.82, 2.24) is 9.88 Å². The lowest BCUT2D eigenvalue weighted by Crippen LogP contribution is -2.56. The minimum Gasteiger partial charge on any atom is -0.444 e. The average Bonchev–Trinajstić information content (AvgIpc) is 2.26. The van der Waals surface area contributed by atoms with Crippen LogP contribution in [0.15, 0.2) is 24.5 Å². The van der Waals surface area contributed by atoms with Crippen molar-refractivity contribution in [3.63, 3.8) is 0 Å². The van der Waals surface area contributed by atoms with Gasteiger partial charge in [-0.3, -0.25) is 4.98 Å². The number of nitrogens with zero attached hydrogens (tertiary/aromatic N) is 2. The van der Waals surface area contributed by atoms with E-state index in [9.17, 15) is 4.79 Å². The average molecular weight is 248 g/mol. The molecule has 0 unspecified atom stereocenters. The zero-order chi connectivity index (χ0) is 13.3. The van der Waals surface area contributed by atoms with Crippen LogP contribution in [-0.4, -0.2) is 34.2 Å². The molecule has 0 aromatic carbocycles. The number of carbonyl (C=O) groups is 1. The van der Waals surface area contributed by atoms with Gasteiger partial charge in [-0.05, 0) is 39.3 Å². The maximum atomic E-state index is 11.9. The number of pyridine rings is 1. The number of hydrogen-bond donors (Lipinski definition) is 0. The lowest BCUT2D eigenvalue weighted by Gasteiger charge is -2.46. The second-order valence-electron chi connectivity index (χ2n) is 5.77. The quantitative estimate of drug-likeness (QED) is 0.767. The molecule has 0 aliphatic carbocycles. The molecule has 2 rings (SSSR count). The van der Waals surface area contributed by atoms with Crippen LogP contribution in [-0.2, 0) is 4.74 Å². The summed E-state index contributed by atoms with van der Waals surface area (Å²) in [5.41, 5.74) is 0.751. The molecule has 0 radical (unpaired) electrons. The monoisotopic (exact) mass is 248 g/mol. The van der Waals surface area contributed by atoms with Crippen LogP contribution < -0.4 is 0 Å². The van der Waals surface area contributed by atoms with Gasteiger partial charge in [0.25, 0.3) is 0 Å². The van der Waals surface area contributed by atoms with Crippen LogP contribution in [0.1, 0.15) is 39.2 Å². The fourth-order valence-corrected chi connectivity index (χ4v) is 2.15. The molecular formula is C14H20N2O2. The Morgan fingerprint density at radius 3 is 2.72 bits per heavy atom. The molecule has 1 aliphatic rings. The highest BCUT2D eigenvalue weighted by molar-refractivity contribution is 5.70. The van der Waals surface area contributed by atoms with Crippen molar-refractivity contribution in [2.24, 2.45) is 0 Å². The van der Waals surface area contributed by atoms with Crippen LogP contribution in [0, 0.1) is 0 Å². The maximum Gasteiger partial charge on any atom is 0.410 e. The Morgan fingerprint density at radius 1 is 1.50 bits per heavy atom. The standard InChI is InChI=1S/C14H20N2O2/c1-10-12(11-6-5-7-15-8-11)9-16(10)13(17)18-14(2,3)4/h5-8,10,12H,9H2,1-4H3/t10-,12+/m1/s1. The fourth-order valence-electron chi connectivity index (χ4n) is 2.15. The summed E-state index contributed by atoms with van der Waals surface area (Å²) in [6, 6.07) is 4.16. The molecule has 1 saturated heterocycles. The summed E-state index contributed by atoms with van der Waals surface area (Å²) < 4.78 is 5.37. The minimum absolute atomic E-state index is 0.170. The number of ether oxygens (including phenoxy) is 1. The highest BCUT2D eigenvalue weighted by atomic mass is 16.6. The van der Waals surface area contributed by atoms with Gasteiger partial charge in [-0.1, -0.05) is 6.07 Å². The molecule has 0 saturated carbocycles. The molecule has 2 heterocycles. The molecule has 4 nitrogen and oxygen atoms in total. The zero-order valence-corrected chi connectivity index (χ0v) is 11.4. The Labute approximate surface area is 108 Å². The summed E-state index contributed by atoms with van der Waals surface area (Å²) in [6.07, 6.45) is 3.40. The molecule has 1 aromatic heterocycles. The first kappa shape index (κ1) is 12.9. The summed E-state index contributed by atoms with van der Waals surface area (Å²) in [7, 11) is 0. The van der Waals surface area contributed by atoms with Gasteiger partial charge in [-0.15, -0.1) is 0 Å². The molecule has 0 bridgehead atoms. The Morgan fingerprint density at radius 2 is 2.22 bits per heavy atom. The van der Waals surface area contributed by atoms with Gasteiger partial charge in [0.1, 0.15) is 5.60 Å². The molecule has 4 heteroatoms. The lowest BCUT2D eigenvalue weighted by molar-refractivity contribution is -0.00980. The van der Waals surface area contributed by atoms with Crippen molar-refractivity contribution in [3.8, 4) is 0 Å². The largest absolute Gasteiger partial charge is 0.444 e. The van der Waals surface area contributed by atoms with E-state index in [2.05, 4.69) is 11.1 Å². The highest BCUT2D eigenvalue weighted by Crippen LogP contribution is 2.34. The number of likely N-dealkylation sites (tertiary alicyclic amines) is 1. The molecule has 1 aromatic rings. The van der Waals surface area contributed by atoms with E-state index in [0.717, 1.165) is 0 Å². The smallest absolute Gasteiger partial charge is 0.410 e. The van der Waals surface area contributed by atoms with Crippen LogP contribution in [0.25, 0.3) is 0 Å². The molecule has 1 aliphatic heterocycles. The van der Waals surface area contributed by atoms with E-state index in [1.54, 1.807) is 11.1 Å². The van der Waals surface area contributed by atoms with Crippen molar-refractivity contribution in [2.45, 2.75) is 45.3 Å². The first-order chi connectivity index (χ1) is 8.38. The summed E-state index contributed by atoms with van der Waals surface area (Å²) in [5.74, 6) is 0.367. The topological polar surface area (TPSA) is 42.4 Å². The molecule has 0 N–H and O–H groups in total. The van der Waals surface area contributed by atoms with Crippen LogP contribution >= 0.6 is 0 Å². The first-order valence-electron chi connectivity index (χ1n) is 6.28. The third kappa shape index (κ3) is 2.63. The third-order valence-electron chi connectivity index (χ3n) is 3.21. The Bertz CT molecular complexity index is 425. The van der Waals surface area contributed by atoms with E-state index in [4.69, 9.17) is 4.74 Å². The SMILES string of the molecule is C[C@@H]1[C@@H](c2cccnc2)CN1C(=O)OC(C)(C)C. The number of aromatic nitrogens is 1. The van der Waals surface area contributed by atoms with Gasteiger partial charge in [0.05, 0.1) is 0 Å². The maximum absolute atomic E-state index is 11.9. The highest BCUT2D eigenvalue weighted by Gasteiger charge is 2.41. The van der Waals surface area contributed by atoms with Crippen molar-refractivity contribution >= 4 is 6.09 Å². The summed E-state index contributed by atoms with van der Waals surface area (Å²) >= 11 is 0. The molecule has 1 amide bonds. The molecule has 18 heavy (non-hydrogen) atoms. The fraction of sp³-hybridized carbons (Fsp3) is 0.571. The molecule has 0 spiro atoms. The number of hydrogen-bond acceptors (Lipinski definition) is 3. The normalized spacial score (nSPS) is 23.4. The van der Waals surface area contributed by atoms with E-state index in [1.165, 1.54) is 5.56 Å². The Balaban J connectivity index is 1.96. The number of amides is 1. The first-order valence-corrected chi connectivity index (χ1v) is 6.28. The number of rotatable bonds is 1. The zero-order valence-electron chi connectivity index (χ0n) is 11.4. The van der Waals surface area contributed by atoms with Gasteiger partial charge in [0, 0.05) is 30.9 Å². The lowest BCUT2D eigenvalue weighted by atomic mass is 9.85. The van der Waals surface area contributed by atoms with Gasteiger partial charge in [0.2, 0.25) is 0 Å². The van der Waals surface area contributed by atoms with Gasteiger partial charge >= 0.3 is 6.09 Å². The van der Waals surface area contributed by atoms with Crippen LogP contribution in [0.2, 0.25) is 0 Å². The molecule has 2 atom stereocenters. The molecule has 98 valence electrons. The van der Waals surface area contributed by atoms with Gasteiger partial charge < -0.3 is 9.64 Å². The summed E-state index contributed by atoms with van der Waals surface area (Å²) in [6.45, 7) is 8.41. The second-order valence-corrected chi connectivity index (χ2v) is 5.77. The van der Waals surface area contributed by atoms with Gasteiger partial charge in [-0.2, -0.15) is 0 Å². The summed E-state index contributed by atoms with van der Waals surface area (Å²) in [4.78, 5) is 17.8. The van der Waals surface area contributed by atoms with Crippen LogP contribution in [0.3, 0.4) is 0 Å². The second kappa shape index (κ2) is 4.59. The van der Waals surface area contributed by atoms with Crippen molar-refractivity contribution in [2.75, 3.05) is 6.54 Å². The third-order valence-corrected chi connectivity index (χ3v) is 3.21. The molecular weight excluding hydrogens is 228 g/mol. The van der Waals surface area contributed by atoms with E-state index < -0.39 is 5.60 Å². The predicted octanol–water partition coefficient (Wildman–Crippen LogP) is 2.80. The Hall–Kier alpha value is -1.58. The van der Waals surface area contributed by atoms with Crippen LogP contribution in [0.4, 0.5) is 4.79 Å². The predicted molar refractivity (Wildman–Crippen MR) is 69.4 cm³/mol. The van der Waals surface area contributed by atoms with E-state index >= 15 is 0 Å². The van der Waals surface area contributed by atoms with E-state index in [1.807, 2.05) is 40.0 Å². The number of carbonyl (C=O) groups excluding carboxylic acids is 1. The van der Waals surface area contributed by atoms with Crippen molar-refractivity contribution in [3.05, 3.63) is 30.1 Å². The summed E-state index contributed by atoms with van der Waals surface area (Å²) in [5, 5.41) is 0. The molecule has 1 fully saturated rings. The van der Waals surface area contributed by atoms with Gasteiger partial charge in [-0.25, -0.2) is 4.79 Å². The van der Waals surface area contributed by atoms with Gasteiger partial charge in [0.15, 0.2) is 0 Å². The van der Waals surface area contributed by atoms with Crippen LogP contribution in [0.5, 0.6) is 0 Å². The van der Waals surface area contributed by atoms with Crippen molar-refractivity contribution < 1.29 is 9.53 Å². The Kier molecular flexibility index (Phi) is 3.28. The van der Waals surface area contributed by atoms with E-state index in [0.29, 0.717) is 12.5 Å². The minimum atomic E-state index is -0.434.